The van der Waals surface area contributed by atoms with Crippen LogP contribution in [0, 0.1) is 13.8 Å². The third-order valence-corrected chi connectivity index (χ3v) is 2.42. The Bertz CT molecular complexity index is 523. The zero-order chi connectivity index (χ0) is 11.5. The molecule has 0 atom stereocenters. The van der Waals surface area contributed by atoms with Gasteiger partial charge in [0.15, 0.2) is 6.29 Å². The van der Waals surface area contributed by atoms with Crippen molar-refractivity contribution in [3.63, 3.8) is 0 Å². The van der Waals surface area contributed by atoms with Crippen LogP contribution in [-0.4, -0.2) is 21.7 Å². The summed E-state index contributed by atoms with van der Waals surface area (Å²) in [7, 11) is 0. The molecule has 1 aromatic heterocycles. The van der Waals surface area contributed by atoms with E-state index in [1.54, 1.807) is 12.4 Å². The van der Waals surface area contributed by atoms with Gasteiger partial charge in [0.05, 0.1) is 12.4 Å². The number of aldehydes is 1. The van der Waals surface area contributed by atoms with E-state index in [1.807, 2.05) is 26.0 Å². The molecule has 2 rings (SSSR count). The first-order chi connectivity index (χ1) is 7.72. The Hall–Kier alpha value is -2.10. The monoisotopic (exact) mass is 213 g/mol. The predicted octanol–water partition coefficient (Wildman–Crippen LogP) is 1.97. The van der Waals surface area contributed by atoms with E-state index in [2.05, 4.69) is 15.4 Å². The topological polar surface area (TPSA) is 55.7 Å². The Kier molecular flexibility index (Phi) is 2.72. The summed E-state index contributed by atoms with van der Waals surface area (Å²) in [5.41, 5.74) is 4.46. The molecule has 0 unspecified atom stereocenters. The highest BCUT2D eigenvalue weighted by molar-refractivity contribution is 5.89. The van der Waals surface area contributed by atoms with Crippen LogP contribution in [0.25, 0.3) is 11.1 Å². The van der Waals surface area contributed by atoms with Crippen molar-refractivity contribution in [3.8, 4) is 11.1 Å². The number of benzene rings is 1. The smallest absolute Gasteiger partial charge is 0.150 e. The van der Waals surface area contributed by atoms with Gasteiger partial charge in [0.2, 0.25) is 0 Å². The standard InChI is InChI=1S/C12H11N3O/c1-8-3-9(2)12(10(4-8)7-16)11-5-13-15-14-6-11/h3-7H,1-2H3. The minimum atomic E-state index is 0.660. The molecule has 0 N–H and O–H groups in total. The molecule has 0 amide bonds. The number of hydrogen-bond acceptors (Lipinski definition) is 4. The predicted molar refractivity (Wildman–Crippen MR) is 60.1 cm³/mol. The lowest BCUT2D eigenvalue weighted by atomic mass is 9.95. The molecule has 2 aromatic rings. The van der Waals surface area contributed by atoms with Gasteiger partial charge in [-0.15, -0.1) is 10.2 Å². The highest BCUT2D eigenvalue weighted by Crippen LogP contribution is 2.26. The van der Waals surface area contributed by atoms with Gasteiger partial charge >= 0.3 is 0 Å². The second-order valence-corrected chi connectivity index (χ2v) is 3.70. The van der Waals surface area contributed by atoms with Crippen molar-refractivity contribution in [2.24, 2.45) is 0 Å². The SMILES string of the molecule is Cc1cc(C)c(-c2cnnnc2)c(C=O)c1. The lowest BCUT2D eigenvalue weighted by molar-refractivity contribution is 0.112. The van der Waals surface area contributed by atoms with E-state index in [0.717, 1.165) is 28.5 Å². The third kappa shape index (κ3) is 1.82. The Morgan fingerprint density at radius 2 is 1.81 bits per heavy atom. The first kappa shape index (κ1) is 10.4. The van der Waals surface area contributed by atoms with Crippen LogP contribution in [-0.2, 0) is 0 Å². The Balaban J connectivity index is 2.69. The van der Waals surface area contributed by atoms with Crippen LogP contribution in [0.3, 0.4) is 0 Å². The number of aryl methyl sites for hydroxylation is 2. The fourth-order valence-corrected chi connectivity index (χ4v) is 1.86. The van der Waals surface area contributed by atoms with Crippen LogP contribution in [0.2, 0.25) is 0 Å². The van der Waals surface area contributed by atoms with Crippen molar-refractivity contribution in [1.82, 2.24) is 15.4 Å². The maximum absolute atomic E-state index is 11.0. The molecule has 1 heterocycles. The normalized spacial score (nSPS) is 10.1. The summed E-state index contributed by atoms with van der Waals surface area (Å²) >= 11 is 0. The Morgan fingerprint density at radius 3 is 2.44 bits per heavy atom. The van der Waals surface area contributed by atoms with E-state index in [9.17, 15) is 4.79 Å². The molecule has 0 aliphatic rings. The van der Waals surface area contributed by atoms with Crippen LogP contribution in [0.1, 0.15) is 21.5 Å². The highest BCUT2D eigenvalue weighted by atomic mass is 16.1. The van der Waals surface area contributed by atoms with Crippen molar-refractivity contribution in [2.45, 2.75) is 13.8 Å². The molecule has 0 saturated carbocycles. The molecule has 0 spiro atoms. The van der Waals surface area contributed by atoms with E-state index in [0.29, 0.717) is 5.56 Å². The van der Waals surface area contributed by atoms with Crippen molar-refractivity contribution in [2.75, 3.05) is 0 Å². The van der Waals surface area contributed by atoms with Crippen LogP contribution in [0.15, 0.2) is 24.5 Å². The van der Waals surface area contributed by atoms with Crippen LogP contribution in [0.4, 0.5) is 0 Å². The van der Waals surface area contributed by atoms with Crippen molar-refractivity contribution >= 4 is 6.29 Å². The molecule has 0 saturated heterocycles. The number of hydrogen-bond donors (Lipinski definition) is 0. The molecule has 80 valence electrons. The molecule has 4 nitrogen and oxygen atoms in total. The first-order valence-corrected chi connectivity index (χ1v) is 4.92. The fourth-order valence-electron chi connectivity index (χ4n) is 1.86. The van der Waals surface area contributed by atoms with E-state index in [1.165, 1.54) is 0 Å². The zero-order valence-electron chi connectivity index (χ0n) is 9.14. The lowest BCUT2D eigenvalue weighted by Crippen LogP contribution is -1.95. The summed E-state index contributed by atoms with van der Waals surface area (Å²) in [5, 5.41) is 10.9. The van der Waals surface area contributed by atoms with Crippen molar-refractivity contribution in [1.29, 1.82) is 0 Å². The van der Waals surface area contributed by atoms with Gasteiger partial charge in [-0.25, -0.2) is 0 Å². The summed E-state index contributed by atoms with van der Waals surface area (Å²) in [4.78, 5) is 11.0. The summed E-state index contributed by atoms with van der Waals surface area (Å²) in [6, 6.07) is 3.89. The first-order valence-electron chi connectivity index (χ1n) is 4.92. The van der Waals surface area contributed by atoms with E-state index >= 15 is 0 Å². The molecule has 4 heteroatoms. The van der Waals surface area contributed by atoms with Gasteiger partial charge in [-0.2, -0.15) is 0 Å². The number of rotatable bonds is 2. The lowest BCUT2D eigenvalue weighted by Gasteiger charge is -2.09. The van der Waals surface area contributed by atoms with E-state index in [-0.39, 0.29) is 0 Å². The molecule has 0 bridgehead atoms. The molecular formula is C12H11N3O. The molecular weight excluding hydrogens is 202 g/mol. The molecule has 1 aromatic carbocycles. The maximum atomic E-state index is 11.0. The largest absolute Gasteiger partial charge is 0.298 e. The maximum Gasteiger partial charge on any atom is 0.150 e. The van der Waals surface area contributed by atoms with Crippen LogP contribution in [0.5, 0.6) is 0 Å². The summed E-state index contributed by atoms with van der Waals surface area (Å²) in [6.45, 7) is 3.93. The van der Waals surface area contributed by atoms with Crippen LogP contribution >= 0.6 is 0 Å². The van der Waals surface area contributed by atoms with Gasteiger partial charge in [0, 0.05) is 11.1 Å². The van der Waals surface area contributed by atoms with Gasteiger partial charge in [0.25, 0.3) is 0 Å². The average Bonchev–Trinajstić information content (AvgIpc) is 2.29. The average molecular weight is 213 g/mol. The Morgan fingerprint density at radius 1 is 1.12 bits per heavy atom. The quantitative estimate of drug-likeness (QED) is 0.715. The second-order valence-electron chi connectivity index (χ2n) is 3.70. The molecule has 16 heavy (non-hydrogen) atoms. The molecule has 0 aliphatic heterocycles. The van der Waals surface area contributed by atoms with Gasteiger partial charge in [-0.3, -0.25) is 4.79 Å². The number of carbonyl (C=O) groups is 1. The molecule has 0 fully saturated rings. The molecule has 0 radical (unpaired) electrons. The summed E-state index contributed by atoms with van der Waals surface area (Å²) in [6.07, 6.45) is 4.07. The van der Waals surface area contributed by atoms with E-state index in [4.69, 9.17) is 0 Å². The number of nitrogens with zero attached hydrogens (tertiary/aromatic N) is 3. The van der Waals surface area contributed by atoms with Crippen molar-refractivity contribution in [3.05, 3.63) is 41.2 Å². The molecule has 0 aliphatic carbocycles. The minimum Gasteiger partial charge on any atom is -0.298 e. The highest BCUT2D eigenvalue weighted by Gasteiger charge is 2.09. The minimum absolute atomic E-state index is 0.660. The van der Waals surface area contributed by atoms with Crippen LogP contribution < -0.4 is 0 Å². The van der Waals surface area contributed by atoms with Crippen molar-refractivity contribution < 1.29 is 4.79 Å². The van der Waals surface area contributed by atoms with Gasteiger partial charge in [0.1, 0.15) is 0 Å². The summed E-state index contributed by atoms with van der Waals surface area (Å²) < 4.78 is 0. The third-order valence-electron chi connectivity index (χ3n) is 2.42. The van der Waals surface area contributed by atoms with Gasteiger partial charge in [-0.05, 0) is 36.3 Å². The zero-order valence-corrected chi connectivity index (χ0v) is 9.14. The summed E-state index contributed by atoms with van der Waals surface area (Å²) in [5.74, 6) is 0. The number of carbonyl (C=O) groups excluding carboxylic acids is 1. The van der Waals surface area contributed by atoms with E-state index < -0.39 is 0 Å². The fraction of sp³-hybridized carbons (Fsp3) is 0.167. The second kappa shape index (κ2) is 4.18. The number of aromatic nitrogens is 3. The van der Waals surface area contributed by atoms with Gasteiger partial charge in [-0.1, -0.05) is 11.6 Å². The van der Waals surface area contributed by atoms with Gasteiger partial charge < -0.3 is 0 Å². The Labute approximate surface area is 93.3 Å².